The zero-order chi connectivity index (χ0) is 89.1. The molecule has 0 saturated heterocycles. The SMILES string of the molecule is C#CC(=O)NCC.C/C=C/C=C/CNC(=O)CC.CCC(=O)NCC1CCC(C)C2=C1C(=O)N(CC)C2=O.CCCC(=O)/C=[N+](\C)O.CCN1C(=O)C=CC1=O.CCN1C(=O)C=CC1=O.CCNC(=O)C1C2=C(ON1C)C(=O)N(CC)C2=O.CCNC(=O)c1ccc(-n2cc(C(=O)NCC)nn2)cc1.CCNC(=O)c1ccc(N=[N+]=[N-])cc1.[Cu]. The second kappa shape index (κ2) is 58.1. The molecule has 0 saturated carbocycles. The minimum atomic E-state index is -0.854. The molecule has 3 unspecified atom stereocenters. The molecule has 37 nitrogen and oxygen atoms in total. The van der Waals surface area contributed by atoms with Crippen LogP contribution in [-0.4, -0.2) is 242 Å². The molecule has 6 aliphatic rings. The topological polar surface area (TPSA) is 485 Å². The van der Waals surface area contributed by atoms with Crippen molar-refractivity contribution in [3.8, 4) is 18.0 Å². The van der Waals surface area contributed by atoms with Crippen LogP contribution >= 0.6 is 0 Å². The van der Waals surface area contributed by atoms with Gasteiger partial charge in [-0.15, -0.1) is 16.6 Å². The van der Waals surface area contributed by atoms with E-state index in [1.54, 1.807) is 89.3 Å². The normalized spacial score (nSPS) is 15.8. The van der Waals surface area contributed by atoms with Crippen LogP contribution in [0.15, 0.2) is 131 Å². The molecule has 119 heavy (non-hydrogen) atoms. The van der Waals surface area contributed by atoms with Crippen LogP contribution in [0, 0.1) is 24.2 Å². The summed E-state index contributed by atoms with van der Waals surface area (Å²) < 4.78 is 2.27. The van der Waals surface area contributed by atoms with E-state index in [2.05, 4.69) is 57.6 Å². The molecule has 6 heterocycles. The van der Waals surface area contributed by atoms with Gasteiger partial charge in [0.05, 0.1) is 17.5 Å². The molecular formula is C81H112CuN19O18+. The average Bonchev–Trinajstić information content (AvgIpc) is 1.59. The first-order chi connectivity index (χ1) is 56.2. The van der Waals surface area contributed by atoms with E-state index in [0.717, 1.165) is 34.6 Å². The molecule has 2 aromatic carbocycles. The van der Waals surface area contributed by atoms with Crippen molar-refractivity contribution in [2.45, 2.75) is 141 Å². The second-order valence-electron chi connectivity index (χ2n) is 25.0. The molecule has 3 atom stereocenters. The number of ketones is 1. The van der Waals surface area contributed by atoms with Gasteiger partial charge in [0.15, 0.2) is 18.8 Å². The van der Waals surface area contributed by atoms with E-state index in [1.165, 1.54) is 69.1 Å². The largest absolute Gasteiger partial charge is 0.399 e. The van der Waals surface area contributed by atoms with Crippen LogP contribution < -0.4 is 37.2 Å². The number of benzene rings is 2. The molecule has 0 fully saturated rings. The minimum absolute atomic E-state index is 0. The zero-order valence-corrected chi connectivity index (χ0v) is 71.2. The standard InChI is InChI=1S/C15H22N2O3.C14H17N5O2.C11H15N3O4.C9H10N4O.C9H15NO.2C6H7NO2.C6H12NO2.C5H7NO.Cu/c1-4-11(18)16-8-10-7-6-9(3)12-13(10)15(20)17(5-2)14(12)19;1-3-15-13(20)10-5-7-11(8-6-10)19-9-12(17-18-19)14(21)16-4-2;1-4-12-9(15)7-6-8(18-13(7)3)11(17)14(5-2)10(6)16;1-2-11-9(14)7-3-5-8(6-4-7)12-13-10;1-3-5-6-7-8-10-9(11)4-2;2*1-2-7-5(8)3-4-6(7)9;1-3-4-6(8)5-7(2)9;1-3-5(7)6-4-2;/h9-10H,4-8H2,1-3H3,(H,16,18);5-9H,3-4H2,1-2H3,(H,15,20)(H,16,21);7H,4-5H2,1-3H3,(H,12,15);3-6H,2H2,1H3,(H,11,14);3,5-7H,4,8H2,1-2H3,(H,10,11);2*3-4H,2H2,1H3;5,9H,3-4H2,1-2H3;1H,4H2,2H3,(H,6,7);/q;;;;;;;+1;;/b;;;;5-3+,7-6+;;;7-5+;;. The van der Waals surface area contributed by atoms with Crippen molar-refractivity contribution in [1.82, 2.24) is 76.9 Å². The number of nitrogens with one attached hydrogen (secondary N) is 7. The Kier molecular flexibility index (Phi) is 51.8. The molecule has 1 radical (unpaired) electrons. The summed E-state index contributed by atoms with van der Waals surface area (Å²) in [5, 5.41) is 39.5. The number of amides is 15. The molecule has 3 aromatic rings. The number of carbonyl (C=O) groups excluding carboxylic acids is 16. The molecule has 38 heteroatoms. The Morgan fingerprint density at radius 3 is 1.50 bits per heavy atom. The predicted molar refractivity (Wildman–Crippen MR) is 438 cm³/mol. The maximum absolute atomic E-state index is 12.4. The number of terminal acetylenes is 1. The zero-order valence-electron chi connectivity index (χ0n) is 70.3. The number of likely N-dealkylation sites (N-methyl/N-ethyl adjacent to an activating group) is 6. The van der Waals surface area contributed by atoms with E-state index < -0.39 is 17.9 Å². The number of rotatable bonds is 25. The maximum Gasteiger partial charge on any atom is 0.299 e. The Morgan fingerprint density at radius 1 is 0.613 bits per heavy atom. The van der Waals surface area contributed by atoms with Crippen molar-refractivity contribution in [1.29, 1.82) is 0 Å². The molecule has 0 bridgehead atoms. The van der Waals surface area contributed by atoms with E-state index >= 15 is 0 Å². The molecular weight excluding hydrogens is 1590 g/mol. The van der Waals surface area contributed by atoms with Gasteiger partial charge in [-0.2, -0.15) is 0 Å². The fourth-order valence-electron chi connectivity index (χ4n) is 10.8. The molecule has 649 valence electrons. The smallest absolute Gasteiger partial charge is 0.299 e. The van der Waals surface area contributed by atoms with E-state index in [4.69, 9.17) is 22.0 Å². The number of imide groups is 4. The van der Waals surface area contributed by atoms with Crippen molar-refractivity contribution in [2.75, 3.05) is 86.1 Å². The Hall–Kier alpha value is -12.8. The van der Waals surface area contributed by atoms with Crippen molar-refractivity contribution in [3.63, 3.8) is 0 Å². The third-order valence-corrected chi connectivity index (χ3v) is 16.5. The Morgan fingerprint density at radius 2 is 1.08 bits per heavy atom. The van der Waals surface area contributed by atoms with Crippen molar-refractivity contribution in [3.05, 3.63) is 153 Å². The van der Waals surface area contributed by atoms with Crippen LogP contribution in [0.5, 0.6) is 0 Å². The van der Waals surface area contributed by atoms with Gasteiger partial charge in [-0.1, -0.05) is 74.5 Å². The number of hydroxylamine groups is 3. The molecule has 9 rings (SSSR count). The predicted octanol–water partition coefficient (Wildman–Crippen LogP) is 5.12. The summed E-state index contributed by atoms with van der Waals surface area (Å²) in [5.74, 6) is -1.20. The molecule has 1 aromatic heterocycles. The van der Waals surface area contributed by atoms with E-state index in [1.807, 2.05) is 92.5 Å². The van der Waals surface area contributed by atoms with Gasteiger partial charge in [-0.3, -0.25) is 102 Å². The van der Waals surface area contributed by atoms with E-state index in [-0.39, 0.29) is 135 Å². The first-order valence-electron chi connectivity index (χ1n) is 38.6. The van der Waals surface area contributed by atoms with Crippen LogP contribution in [0.2, 0.25) is 0 Å². The van der Waals surface area contributed by atoms with Crippen LogP contribution in [0.1, 0.15) is 167 Å². The summed E-state index contributed by atoms with van der Waals surface area (Å²) in [6, 6.07) is 12.5. The van der Waals surface area contributed by atoms with Gasteiger partial charge in [0, 0.05) is 178 Å². The van der Waals surface area contributed by atoms with E-state index in [0.29, 0.717) is 113 Å². The molecule has 5 aliphatic heterocycles. The van der Waals surface area contributed by atoms with Gasteiger partial charge in [0.2, 0.25) is 29.3 Å². The number of hydrogen-bond donors (Lipinski definition) is 8. The van der Waals surface area contributed by atoms with Crippen molar-refractivity contribution < 1.29 is 109 Å². The number of carbonyl (C=O) groups is 16. The van der Waals surface area contributed by atoms with Crippen molar-refractivity contribution >= 4 is 106 Å². The van der Waals surface area contributed by atoms with Crippen LogP contribution in [-0.2, 0) is 84.2 Å². The quantitative estimate of drug-likeness (QED) is 0.00466. The molecule has 1 aliphatic carbocycles. The van der Waals surface area contributed by atoms with Gasteiger partial charge in [0.1, 0.15) is 0 Å². The number of aromatic nitrogens is 3. The first-order valence-corrected chi connectivity index (χ1v) is 38.6. The summed E-state index contributed by atoms with van der Waals surface area (Å²) in [6.45, 7) is 31.1. The van der Waals surface area contributed by atoms with Crippen LogP contribution in [0.3, 0.4) is 0 Å². The molecule has 0 spiro atoms. The van der Waals surface area contributed by atoms with Gasteiger partial charge >= 0.3 is 0 Å². The second-order valence-corrected chi connectivity index (χ2v) is 25.0. The summed E-state index contributed by atoms with van der Waals surface area (Å²) in [4.78, 5) is 193. The fourth-order valence-corrected chi connectivity index (χ4v) is 10.8. The van der Waals surface area contributed by atoms with Gasteiger partial charge < -0.3 is 42.1 Å². The number of Topliss-reactive ketones (excluding diaryl/α,β-unsaturated/α-hetero) is 1. The van der Waals surface area contributed by atoms with E-state index in [9.17, 15) is 76.7 Å². The summed E-state index contributed by atoms with van der Waals surface area (Å²) in [7, 11) is 2.93. The fraction of sp³-hybridized carbons (Fsp3) is 0.444. The first kappa shape index (κ1) is 106. The molecule has 15 amide bonds. The number of hydrogen-bond acceptors (Lipinski definition) is 22. The Bertz CT molecular complexity index is 4260. The van der Waals surface area contributed by atoms with Gasteiger partial charge in [-0.25, -0.2) is 4.68 Å². The summed E-state index contributed by atoms with van der Waals surface area (Å²) in [5.41, 5.74) is 12.2. The summed E-state index contributed by atoms with van der Waals surface area (Å²) >= 11 is 0. The van der Waals surface area contributed by atoms with Crippen molar-refractivity contribution in [2.24, 2.45) is 17.0 Å². The third kappa shape index (κ3) is 35.3. The number of allylic oxidation sites excluding steroid dienone is 3. The van der Waals surface area contributed by atoms with Crippen LogP contribution in [0.25, 0.3) is 16.1 Å². The summed E-state index contributed by atoms with van der Waals surface area (Å²) in [6.07, 6.45) is 24.3. The monoisotopic (exact) mass is 1700 g/mol. The minimum Gasteiger partial charge on any atom is -0.399 e. The average molecular weight is 1700 g/mol. The van der Waals surface area contributed by atoms with Gasteiger partial charge in [-0.05, 0) is 147 Å². The number of azide groups is 1. The Labute approximate surface area is 704 Å². The van der Waals surface area contributed by atoms with Gasteiger partial charge in [0.25, 0.3) is 77.1 Å². The maximum atomic E-state index is 12.4. The Balaban J connectivity index is 0.00000135. The third-order valence-electron chi connectivity index (χ3n) is 16.5. The molecule has 8 N–H and O–H groups in total. The number of nitrogens with zero attached hydrogens (tertiary/aromatic N) is 12. The van der Waals surface area contributed by atoms with Crippen LogP contribution in [0.4, 0.5) is 5.69 Å².